The quantitative estimate of drug-likeness (QED) is 0.849. The van der Waals surface area contributed by atoms with E-state index >= 15 is 0 Å². The smallest absolute Gasteiger partial charge is 0.0438 e. The average Bonchev–Trinajstić information content (AvgIpc) is 3.18. The van der Waals surface area contributed by atoms with Crippen molar-refractivity contribution in [3.05, 3.63) is 58.4 Å². The third-order valence-electron chi connectivity index (χ3n) is 5.83. The summed E-state index contributed by atoms with van der Waals surface area (Å²) in [5.74, 6) is 1.94. The molecule has 0 saturated heterocycles. The number of nitrogens with zero attached hydrogens (tertiary/aromatic N) is 1. The number of benzene rings is 1. The molecule has 2 heteroatoms. The summed E-state index contributed by atoms with van der Waals surface area (Å²) in [6, 6.07) is 9.42. The van der Waals surface area contributed by atoms with Gasteiger partial charge in [0, 0.05) is 24.1 Å². The van der Waals surface area contributed by atoms with Crippen molar-refractivity contribution in [3.8, 4) is 0 Å². The van der Waals surface area contributed by atoms with E-state index in [1.54, 1.807) is 0 Å². The fraction of sp³-hybridized carbons (Fsp3) is 0.500. The Morgan fingerprint density at radius 1 is 1.08 bits per heavy atom. The minimum absolute atomic E-state index is 0.570. The molecule has 4 rings (SSSR count). The van der Waals surface area contributed by atoms with Gasteiger partial charge in [0.2, 0.25) is 0 Å². The number of fused-ring (bicyclic) bond motifs is 2. The molecule has 1 aromatic heterocycles. The molecule has 0 amide bonds. The van der Waals surface area contributed by atoms with E-state index in [2.05, 4.69) is 56.6 Å². The molecule has 0 radical (unpaired) electrons. The Bertz CT molecular complexity index is 748. The molecule has 2 aromatic rings. The maximum absolute atomic E-state index is 4.75. The SMILES string of the molecule is CC(C)c1cnc2c(c1)CC(CC(C)c1ccc3c(c1)CCN3)C2. The van der Waals surface area contributed by atoms with Crippen molar-refractivity contribution in [2.45, 2.75) is 58.3 Å². The molecule has 1 aliphatic carbocycles. The van der Waals surface area contributed by atoms with E-state index in [1.807, 2.05) is 0 Å². The zero-order valence-corrected chi connectivity index (χ0v) is 15.1. The van der Waals surface area contributed by atoms with Crippen LogP contribution >= 0.6 is 0 Å². The van der Waals surface area contributed by atoms with E-state index < -0.39 is 0 Å². The van der Waals surface area contributed by atoms with Gasteiger partial charge in [-0.3, -0.25) is 4.98 Å². The molecule has 1 aliphatic heterocycles. The largest absolute Gasteiger partial charge is 0.384 e. The lowest BCUT2D eigenvalue weighted by Gasteiger charge is -2.17. The zero-order chi connectivity index (χ0) is 16.7. The first kappa shape index (κ1) is 15.7. The maximum Gasteiger partial charge on any atom is 0.0438 e. The average molecular weight is 320 g/mol. The molecule has 2 atom stereocenters. The Balaban J connectivity index is 1.44. The van der Waals surface area contributed by atoms with Crippen LogP contribution in [0.15, 0.2) is 30.5 Å². The molecule has 0 bridgehead atoms. The Morgan fingerprint density at radius 2 is 1.92 bits per heavy atom. The molecular weight excluding hydrogens is 292 g/mol. The molecule has 24 heavy (non-hydrogen) atoms. The van der Waals surface area contributed by atoms with Gasteiger partial charge in [-0.05, 0) is 71.8 Å². The molecule has 2 nitrogen and oxygen atoms in total. The molecule has 1 aromatic carbocycles. The number of aromatic nitrogens is 1. The van der Waals surface area contributed by atoms with E-state index in [0.29, 0.717) is 11.8 Å². The highest BCUT2D eigenvalue weighted by Crippen LogP contribution is 2.35. The molecule has 0 spiro atoms. The third-order valence-corrected chi connectivity index (χ3v) is 5.83. The van der Waals surface area contributed by atoms with E-state index in [-0.39, 0.29) is 0 Å². The van der Waals surface area contributed by atoms with Gasteiger partial charge in [-0.2, -0.15) is 0 Å². The van der Waals surface area contributed by atoms with Gasteiger partial charge in [0.1, 0.15) is 0 Å². The second-order valence-electron chi connectivity index (χ2n) is 8.03. The van der Waals surface area contributed by atoms with Crippen LogP contribution in [0.5, 0.6) is 0 Å². The number of anilines is 1. The first-order valence-electron chi connectivity index (χ1n) is 9.44. The number of nitrogens with one attached hydrogen (secondary N) is 1. The first-order valence-corrected chi connectivity index (χ1v) is 9.44. The number of hydrogen-bond donors (Lipinski definition) is 1. The Hall–Kier alpha value is -1.83. The van der Waals surface area contributed by atoms with Gasteiger partial charge in [0.05, 0.1) is 0 Å². The highest BCUT2D eigenvalue weighted by Gasteiger charge is 2.25. The van der Waals surface area contributed by atoms with Crippen LogP contribution in [0, 0.1) is 5.92 Å². The van der Waals surface area contributed by atoms with Crippen molar-refractivity contribution in [1.82, 2.24) is 4.98 Å². The van der Waals surface area contributed by atoms with Crippen molar-refractivity contribution in [2.75, 3.05) is 11.9 Å². The Kier molecular flexibility index (Phi) is 4.07. The van der Waals surface area contributed by atoms with E-state index in [1.165, 1.54) is 52.9 Å². The van der Waals surface area contributed by atoms with Crippen LogP contribution in [0.2, 0.25) is 0 Å². The summed E-state index contributed by atoms with van der Waals surface area (Å²) < 4.78 is 0. The topological polar surface area (TPSA) is 24.9 Å². The summed E-state index contributed by atoms with van der Waals surface area (Å²) in [4.78, 5) is 4.75. The van der Waals surface area contributed by atoms with Crippen LogP contribution in [0.25, 0.3) is 0 Å². The van der Waals surface area contributed by atoms with E-state index in [4.69, 9.17) is 4.98 Å². The van der Waals surface area contributed by atoms with Gasteiger partial charge in [-0.25, -0.2) is 0 Å². The molecule has 2 aliphatic rings. The highest BCUT2D eigenvalue weighted by atomic mass is 14.9. The second-order valence-corrected chi connectivity index (χ2v) is 8.03. The van der Waals surface area contributed by atoms with Gasteiger partial charge in [-0.1, -0.05) is 39.0 Å². The van der Waals surface area contributed by atoms with Gasteiger partial charge in [0.15, 0.2) is 0 Å². The standard InChI is InChI=1S/C22H28N2/c1-14(2)20-12-19-9-16(10-22(19)24-13-20)8-15(3)17-4-5-21-18(11-17)6-7-23-21/h4-5,11-16,23H,6-10H2,1-3H3. The van der Waals surface area contributed by atoms with Crippen LogP contribution in [-0.4, -0.2) is 11.5 Å². The first-order chi connectivity index (χ1) is 11.6. The summed E-state index contributed by atoms with van der Waals surface area (Å²) in [5.41, 5.74) is 8.56. The predicted octanol–water partition coefficient (Wildman–Crippen LogP) is 5.08. The lowest BCUT2D eigenvalue weighted by atomic mass is 9.88. The number of pyridine rings is 1. The molecule has 1 N–H and O–H groups in total. The molecule has 2 unspecified atom stereocenters. The van der Waals surface area contributed by atoms with Crippen LogP contribution in [-0.2, 0) is 19.3 Å². The van der Waals surface area contributed by atoms with E-state index in [9.17, 15) is 0 Å². The Labute approximate surface area is 145 Å². The summed E-state index contributed by atoms with van der Waals surface area (Å²) in [6.45, 7) is 7.98. The maximum atomic E-state index is 4.75. The van der Waals surface area contributed by atoms with Gasteiger partial charge in [0.25, 0.3) is 0 Å². The van der Waals surface area contributed by atoms with E-state index in [0.717, 1.165) is 18.9 Å². The van der Waals surface area contributed by atoms with Gasteiger partial charge >= 0.3 is 0 Å². The summed E-state index contributed by atoms with van der Waals surface area (Å²) in [6.07, 6.45) is 6.89. The van der Waals surface area contributed by atoms with Gasteiger partial charge < -0.3 is 5.32 Å². The lowest BCUT2D eigenvalue weighted by molar-refractivity contribution is 0.467. The molecule has 0 fully saturated rings. The fourth-order valence-corrected chi connectivity index (χ4v) is 4.32. The second kappa shape index (κ2) is 6.23. The lowest BCUT2D eigenvalue weighted by Crippen LogP contribution is -2.06. The number of rotatable bonds is 4. The van der Waals surface area contributed by atoms with Crippen molar-refractivity contribution < 1.29 is 0 Å². The van der Waals surface area contributed by atoms with Crippen LogP contribution in [0.1, 0.15) is 67.0 Å². The van der Waals surface area contributed by atoms with Gasteiger partial charge in [-0.15, -0.1) is 0 Å². The molecule has 0 saturated carbocycles. The summed E-state index contributed by atoms with van der Waals surface area (Å²) in [7, 11) is 0. The van der Waals surface area contributed by atoms with Crippen molar-refractivity contribution in [1.29, 1.82) is 0 Å². The zero-order valence-electron chi connectivity index (χ0n) is 15.1. The molecule has 126 valence electrons. The summed E-state index contributed by atoms with van der Waals surface area (Å²) >= 11 is 0. The third kappa shape index (κ3) is 2.94. The fourth-order valence-electron chi connectivity index (χ4n) is 4.32. The predicted molar refractivity (Wildman–Crippen MR) is 101 cm³/mol. The van der Waals surface area contributed by atoms with Crippen molar-refractivity contribution in [3.63, 3.8) is 0 Å². The van der Waals surface area contributed by atoms with Crippen LogP contribution in [0.3, 0.4) is 0 Å². The van der Waals surface area contributed by atoms with Crippen molar-refractivity contribution in [2.24, 2.45) is 5.92 Å². The highest BCUT2D eigenvalue weighted by molar-refractivity contribution is 5.56. The molecular formula is C22H28N2. The van der Waals surface area contributed by atoms with Crippen LogP contribution < -0.4 is 5.32 Å². The normalized spacial score (nSPS) is 19.9. The van der Waals surface area contributed by atoms with Crippen molar-refractivity contribution >= 4 is 5.69 Å². The van der Waals surface area contributed by atoms with Crippen LogP contribution in [0.4, 0.5) is 5.69 Å². The Morgan fingerprint density at radius 3 is 2.75 bits per heavy atom. The number of hydrogen-bond acceptors (Lipinski definition) is 2. The minimum Gasteiger partial charge on any atom is -0.384 e. The molecule has 2 heterocycles. The minimum atomic E-state index is 0.570. The summed E-state index contributed by atoms with van der Waals surface area (Å²) in [5, 5.41) is 3.46. The monoisotopic (exact) mass is 320 g/mol.